The van der Waals surface area contributed by atoms with Crippen LogP contribution in [0.3, 0.4) is 0 Å². The van der Waals surface area contributed by atoms with Gasteiger partial charge in [0, 0.05) is 24.2 Å². The SMILES string of the molecule is NC[C@@H](CCO)SCC(N)C(N)O. The van der Waals surface area contributed by atoms with Crippen LogP contribution in [-0.4, -0.2) is 46.6 Å². The Balaban J connectivity index is 3.58. The molecule has 0 saturated heterocycles. The van der Waals surface area contributed by atoms with Crippen molar-refractivity contribution in [2.75, 3.05) is 18.9 Å². The van der Waals surface area contributed by atoms with E-state index in [9.17, 15) is 0 Å². The van der Waals surface area contributed by atoms with E-state index in [1.54, 1.807) is 0 Å². The zero-order valence-corrected chi connectivity index (χ0v) is 8.41. The van der Waals surface area contributed by atoms with Gasteiger partial charge < -0.3 is 27.4 Å². The van der Waals surface area contributed by atoms with Crippen molar-refractivity contribution in [3.05, 3.63) is 0 Å². The first-order chi connectivity index (χ1) is 6.11. The monoisotopic (exact) mass is 209 g/mol. The molecule has 0 aliphatic rings. The molecular weight excluding hydrogens is 190 g/mol. The lowest BCUT2D eigenvalue weighted by Gasteiger charge is -2.18. The van der Waals surface area contributed by atoms with Crippen molar-refractivity contribution in [1.29, 1.82) is 0 Å². The number of thioether (sulfide) groups is 1. The lowest BCUT2D eigenvalue weighted by molar-refractivity contribution is 0.160. The maximum Gasteiger partial charge on any atom is 0.118 e. The summed E-state index contributed by atoms with van der Waals surface area (Å²) in [5.74, 6) is 0.555. The minimum absolute atomic E-state index is 0.120. The van der Waals surface area contributed by atoms with E-state index in [-0.39, 0.29) is 11.9 Å². The van der Waals surface area contributed by atoms with Crippen LogP contribution in [0.2, 0.25) is 0 Å². The summed E-state index contributed by atoms with van der Waals surface area (Å²) in [7, 11) is 0. The van der Waals surface area contributed by atoms with Gasteiger partial charge in [0.2, 0.25) is 0 Å². The maximum atomic E-state index is 8.90. The molecule has 0 aliphatic carbocycles. The average Bonchev–Trinajstić information content (AvgIpc) is 2.11. The van der Waals surface area contributed by atoms with Gasteiger partial charge in [0.05, 0.1) is 6.04 Å². The predicted molar refractivity (Wildman–Crippen MR) is 55.2 cm³/mol. The zero-order chi connectivity index (χ0) is 10.3. The van der Waals surface area contributed by atoms with Crippen LogP contribution < -0.4 is 17.2 Å². The highest BCUT2D eigenvalue weighted by Gasteiger charge is 2.13. The molecule has 0 fully saturated rings. The summed E-state index contributed by atoms with van der Waals surface area (Å²) in [6.45, 7) is 0.619. The highest BCUT2D eigenvalue weighted by Crippen LogP contribution is 2.14. The lowest BCUT2D eigenvalue weighted by Crippen LogP contribution is -2.43. The Kier molecular flexibility index (Phi) is 7.63. The Labute approximate surface area is 82.7 Å². The van der Waals surface area contributed by atoms with Gasteiger partial charge in [0.25, 0.3) is 0 Å². The third-order valence-electron chi connectivity index (χ3n) is 1.68. The van der Waals surface area contributed by atoms with E-state index < -0.39 is 12.3 Å². The summed E-state index contributed by atoms with van der Waals surface area (Å²) >= 11 is 1.53. The normalized spacial score (nSPS) is 18.2. The fraction of sp³-hybridized carbons (Fsp3) is 1.00. The van der Waals surface area contributed by atoms with Gasteiger partial charge in [-0.3, -0.25) is 0 Å². The highest BCUT2D eigenvalue weighted by molar-refractivity contribution is 8.00. The quantitative estimate of drug-likeness (QED) is 0.310. The fourth-order valence-corrected chi connectivity index (χ4v) is 1.86. The predicted octanol–water partition coefficient (Wildman–Crippen LogP) is -1.97. The summed E-state index contributed by atoms with van der Waals surface area (Å²) in [6, 6.07) is -0.433. The summed E-state index contributed by atoms with van der Waals surface area (Å²) in [5, 5.41) is 17.8. The molecule has 0 aromatic carbocycles. The van der Waals surface area contributed by atoms with Gasteiger partial charge in [-0.2, -0.15) is 11.8 Å². The number of hydrogen-bond donors (Lipinski definition) is 5. The van der Waals surface area contributed by atoms with Crippen LogP contribution in [0.4, 0.5) is 0 Å². The lowest BCUT2D eigenvalue weighted by atomic mass is 10.3. The highest BCUT2D eigenvalue weighted by atomic mass is 32.2. The van der Waals surface area contributed by atoms with Gasteiger partial charge in [-0.05, 0) is 6.42 Å². The standard InChI is InChI=1S/C7H19N3O2S/c8-3-5(1-2-11)13-4-6(9)7(10)12/h5-7,11-12H,1-4,8-10H2/t5-,6?,7?/m1/s1. The van der Waals surface area contributed by atoms with Crippen LogP contribution in [0.1, 0.15) is 6.42 Å². The molecule has 2 unspecified atom stereocenters. The molecule has 0 rings (SSSR count). The van der Waals surface area contributed by atoms with Crippen molar-refractivity contribution in [3.8, 4) is 0 Å². The van der Waals surface area contributed by atoms with Crippen LogP contribution in [-0.2, 0) is 0 Å². The average molecular weight is 209 g/mol. The smallest absolute Gasteiger partial charge is 0.118 e. The third-order valence-corrected chi connectivity index (χ3v) is 3.15. The second-order valence-electron chi connectivity index (χ2n) is 2.86. The maximum absolute atomic E-state index is 8.90. The molecule has 0 heterocycles. The molecule has 0 aromatic heterocycles. The van der Waals surface area contributed by atoms with Crippen LogP contribution in [0.5, 0.6) is 0 Å². The molecular formula is C7H19N3O2S. The van der Waals surface area contributed by atoms with Gasteiger partial charge >= 0.3 is 0 Å². The van der Waals surface area contributed by atoms with E-state index in [1.807, 2.05) is 0 Å². The minimum atomic E-state index is -0.986. The topological polar surface area (TPSA) is 119 Å². The minimum Gasteiger partial charge on any atom is -0.396 e. The first kappa shape index (κ1) is 13.2. The van der Waals surface area contributed by atoms with Crippen LogP contribution >= 0.6 is 11.8 Å². The fourth-order valence-electron chi connectivity index (χ4n) is 0.759. The third kappa shape index (κ3) is 6.25. The number of nitrogens with two attached hydrogens (primary N) is 3. The Morgan fingerprint density at radius 2 is 1.92 bits per heavy atom. The summed E-state index contributed by atoms with van der Waals surface area (Å²) in [6.07, 6.45) is -0.339. The van der Waals surface area contributed by atoms with Gasteiger partial charge in [0.1, 0.15) is 6.23 Å². The molecule has 13 heavy (non-hydrogen) atoms. The van der Waals surface area contributed by atoms with E-state index in [0.29, 0.717) is 18.7 Å². The van der Waals surface area contributed by atoms with Crippen molar-refractivity contribution in [2.24, 2.45) is 17.2 Å². The van der Waals surface area contributed by atoms with E-state index in [0.717, 1.165) is 0 Å². The van der Waals surface area contributed by atoms with Crippen molar-refractivity contribution in [3.63, 3.8) is 0 Å². The molecule has 0 spiro atoms. The van der Waals surface area contributed by atoms with Crippen molar-refractivity contribution < 1.29 is 10.2 Å². The first-order valence-corrected chi connectivity index (χ1v) is 5.28. The number of hydrogen-bond acceptors (Lipinski definition) is 6. The molecule has 80 valence electrons. The van der Waals surface area contributed by atoms with Crippen molar-refractivity contribution >= 4 is 11.8 Å². The van der Waals surface area contributed by atoms with Gasteiger partial charge in [0.15, 0.2) is 0 Å². The Hall–Kier alpha value is 0.150. The Morgan fingerprint density at radius 3 is 2.31 bits per heavy atom. The Bertz CT molecular complexity index is 126. The van der Waals surface area contributed by atoms with E-state index in [2.05, 4.69) is 0 Å². The molecule has 3 atom stereocenters. The number of aliphatic hydroxyl groups excluding tert-OH is 2. The molecule has 0 aliphatic heterocycles. The summed E-state index contributed by atoms with van der Waals surface area (Å²) in [4.78, 5) is 0. The largest absolute Gasteiger partial charge is 0.396 e. The second-order valence-corrected chi connectivity index (χ2v) is 4.19. The molecule has 6 heteroatoms. The summed E-state index contributed by atoms with van der Waals surface area (Å²) < 4.78 is 0. The first-order valence-electron chi connectivity index (χ1n) is 4.23. The molecule has 0 amide bonds. The molecule has 0 radical (unpaired) electrons. The van der Waals surface area contributed by atoms with Gasteiger partial charge in [-0.1, -0.05) is 0 Å². The molecule has 0 bridgehead atoms. The van der Waals surface area contributed by atoms with Crippen LogP contribution in [0.25, 0.3) is 0 Å². The van der Waals surface area contributed by atoms with Crippen molar-refractivity contribution in [1.82, 2.24) is 0 Å². The van der Waals surface area contributed by atoms with Gasteiger partial charge in [-0.25, -0.2) is 0 Å². The number of aliphatic hydroxyl groups is 2. The molecule has 5 nitrogen and oxygen atoms in total. The second kappa shape index (κ2) is 7.54. The number of rotatable bonds is 7. The zero-order valence-electron chi connectivity index (χ0n) is 7.60. The Morgan fingerprint density at radius 1 is 1.31 bits per heavy atom. The molecule has 0 aromatic rings. The van der Waals surface area contributed by atoms with E-state index >= 15 is 0 Å². The molecule has 0 saturated carbocycles. The van der Waals surface area contributed by atoms with E-state index in [4.69, 9.17) is 27.4 Å². The molecule has 8 N–H and O–H groups in total. The van der Waals surface area contributed by atoms with Crippen molar-refractivity contribution in [2.45, 2.75) is 23.9 Å². The van der Waals surface area contributed by atoms with Crippen LogP contribution in [0.15, 0.2) is 0 Å². The van der Waals surface area contributed by atoms with E-state index in [1.165, 1.54) is 11.8 Å². The van der Waals surface area contributed by atoms with Gasteiger partial charge in [-0.15, -0.1) is 0 Å². The summed E-state index contributed by atoms with van der Waals surface area (Å²) in [5.41, 5.74) is 16.1. The van der Waals surface area contributed by atoms with Crippen LogP contribution in [0, 0.1) is 0 Å².